The highest BCUT2D eigenvalue weighted by Crippen LogP contribution is 2.35. The molecule has 1 atom stereocenters. The summed E-state index contributed by atoms with van der Waals surface area (Å²) in [5.74, 6) is -0.979. The molecule has 3 rings (SSSR count). The lowest BCUT2D eigenvalue weighted by Crippen LogP contribution is -2.26. The minimum Gasteiger partial charge on any atom is -0.398 e. The average Bonchev–Trinajstić information content (AvgIpc) is 2.60. The molecule has 0 bridgehead atoms. The largest absolute Gasteiger partial charge is 0.398 e. The summed E-state index contributed by atoms with van der Waals surface area (Å²) >= 11 is 0. The number of anilines is 2. The van der Waals surface area contributed by atoms with Gasteiger partial charge in [0.25, 0.3) is 0 Å². The Morgan fingerprint density at radius 2 is 1.62 bits per heavy atom. The van der Waals surface area contributed by atoms with E-state index in [1.165, 1.54) is 0 Å². The van der Waals surface area contributed by atoms with E-state index in [4.69, 9.17) is 5.73 Å². The Labute approximate surface area is 139 Å². The van der Waals surface area contributed by atoms with Gasteiger partial charge in [0, 0.05) is 22.7 Å². The maximum Gasteiger partial charge on any atom is 0.227 e. The fourth-order valence-corrected chi connectivity index (χ4v) is 2.79. The summed E-state index contributed by atoms with van der Waals surface area (Å²) in [7, 11) is 0. The van der Waals surface area contributed by atoms with E-state index in [1.807, 2.05) is 6.92 Å². The summed E-state index contributed by atoms with van der Waals surface area (Å²) in [6.45, 7) is 3.72. The number of ketones is 2. The molecule has 2 aromatic rings. The predicted octanol–water partition coefficient (Wildman–Crippen LogP) is 3.03. The number of hydrogen-bond donors (Lipinski definition) is 2. The van der Waals surface area contributed by atoms with E-state index >= 15 is 0 Å². The number of hydrogen-bond acceptors (Lipinski definition) is 4. The normalized spacial score (nSPS) is 13.9. The Morgan fingerprint density at radius 3 is 2.21 bits per heavy atom. The maximum atomic E-state index is 12.9. The molecule has 1 unspecified atom stereocenters. The van der Waals surface area contributed by atoms with Gasteiger partial charge in [-0.2, -0.15) is 0 Å². The average molecular weight is 322 g/mol. The highest BCUT2D eigenvalue weighted by atomic mass is 16.2. The molecule has 1 aliphatic rings. The van der Waals surface area contributed by atoms with Crippen LogP contribution < -0.4 is 11.1 Å². The molecule has 3 N–H and O–H groups in total. The Hall–Kier alpha value is -2.95. The van der Waals surface area contributed by atoms with Gasteiger partial charge < -0.3 is 11.1 Å². The van der Waals surface area contributed by atoms with E-state index in [-0.39, 0.29) is 40.2 Å². The first-order chi connectivity index (χ1) is 11.5. The van der Waals surface area contributed by atoms with Crippen LogP contribution in [0.5, 0.6) is 0 Å². The van der Waals surface area contributed by atoms with Gasteiger partial charge in [-0.25, -0.2) is 0 Å². The first kappa shape index (κ1) is 15.9. The van der Waals surface area contributed by atoms with Crippen molar-refractivity contribution in [1.29, 1.82) is 0 Å². The zero-order valence-corrected chi connectivity index (χ0v) is 13.6. The summed E-state index contributed by atoms with van der Waals surface area (Å²) in [5.41, 5.74) is 7.53. The van der Waals surface area contributed by atoms with Crippen molar-refractivity contribution in [2.45, 2.75) is 20.3 Å². The third kappa shape index (κ3) is 2.38. The lowest BCUT2D eigenvalue weighted by Gasteiger charge is -2.22. The Morgan fingerprint density at radius 1 is 1.04 bits per heavy atom. The molecule has 0 aromatic heterocycles. The molecule has 24 heavy (non-hydrogen) atoms. The molecule has 0 heterocycles. The summed E-state index contributed by atoms with van der Waals surface area (Å²) < 4.78 is 0. The van der Waals surface area contributed by atoms with Gasteiger partial charge in [0.1, 0.15) is 0 Å². The van der Waals surface area contributed by atoms with Crippen molar-refractivity contribution < 1.29 is 14.4 Å². The van der Waals surface area contributed by atoms with Gasteiger partial charge in [0.15, 0.2) is 11.6 Å². The molecule has 1 aliphatic carbocycles. The van der Waals surface area contributed by atoms with Crippen LogP contribution in [0.25, 0.3) is 0 Å². The predicted molar refractivity (Wildman–Crippen MR) is 92.2 cm³/mol. The molecule has 0 spiro atoms. The minimum absolute atomic E-state index is 0.167. The van der Waals surface area contributed by atoms with Gasteiger partial charge >= 0.3 is 0 Å². The second-order valence-corrected chi connectivity index (χ2v) is 5.95. The number of rotatable bonds is 3. The van der Waals surface area contributed by atoms with Crippen molar-refractivity contribution in [2.24, 2.45) is 5.92 Å². The molecular weight excluding hydrogens is 304 g/mol. The van der Waals surface area contributed by atoms with E-state index in [9.17, 15) is 14.4 Å². The fraction of sp³-hybridized carbons (Fsp3) is 0.211. The van der Waals surface area contributed by atoms with E-state index < -0.39 is 0 Å². The van der Waals surface area contributed by atoms with Crippen molar-refractivity contribution in [3.05, 3.63) is 58.7 Å². The van der Waals surface area contributed by atoms with Crippen molar-refractivity contribution >= 4 is 28.8 Å². The lowest BCUT2D eigenvalue weighted by atomic mass is 9.82. The number of nitrogen functional groups attached to an aromatic ring is 1. The van der Waals surface area contributed by atoms with Crippen LogP contribution in [0.15, 0.2) is 36.4 Å². The molecule has 5 heteroatoms. The standard InChI is InChI=1S/C19H18N2O3/c1-3-10(2)19(24)21-14-9-8-13(20)15-16(14)18(23)12-7-5-4-6-11(12)17(15)22/h4-10H,3,20H2,1-2H3,(H,21,24). The Balaban J connectivity index is 2.16. The lowest BCUT2D eigenvalue weighted by molar-refractivity contribution is -0.119. The zero-order chi connectivity index (χ0) is 17.4. The van der Waals surface area contributed by atoms with Gasteiger partial charge in [0.2, 0.25) is 5.91 Å². The van der Waals surface area contributed by atoms with Crippen LogP contribution in [0.4, 0.5) is 11.4 Å². The summed E-state index contributed by atoms with van der Waals surface area (Å²) in [4.78, 5) is 37.9. The molecule has 0 saturated carbocycles. The third-order valence-electron chi connectivity index (χ3n) is 4.43. The highest BCUT2D eigenvalue weighted by molar-refractivity contribution is 6.32. The van der Waals surface area contributed by atoms with Crippen LogP contribution in [-0.4, -0.2) is 17.5 Å². The number of carbonyl (C=O) groups is 3. The Kier molecular flexibility index (Phi) is 3.93. The number of carbonyl (C=O) groups excluding carboxylic acids is 3. The third-order valence-corrected chi connectivity index (χ3v) is 4.43. The maximum absolute atomic E-state index is 12.9. The van der Waals surface area contributed by atoms with Gasteiger partial charge in [-0.3, -0.25) is 14.4 Å². The fourth-order valence-electron chi connectivity index (χ4n) is 2.79. The number of benzene rings is 2. The summed E-state index contributed by atoms with van der Waals surface area (Å²) in [6, 6.07) is 9.76. The first-order valence-corrected chi connectivity index (χ1v) is 7.87. The number of amides is 1. The monoisotopic (exact) mass is 322 g/mol. The van der Waals surface area contributed by atoms with Crippen LogP contribution in [0.2, 0.25) is 0 Å². The van der Waals surface area contributed by atoms with Gasteiger partial charge in [-0.1, -0.05) is 38.1 Å². The molecule has 0 aliphatic heterocycles. The van der Waals surface area contributed by atoms with Crippen LogP contribution >= 0.6 is 0 Å². The number of nitrogens with one attached hydrogen (secondary N) is 1. The van der Waals surface area contributed by atoms with Crippen LogP contribution in [-0.2, 0) is 4.79 Å². The summed E-state index contributed by atoms with van der Waals surface area (Å²) in [6.07, 6.45) is 0.679. The van der Waals surface area contributed by atoms with E-state index in [0.29, 0.717) is 23.2 Å². The van der Waals surface area contributed by atoms with E-state index in [1.54, 1.807) is 43.3 Å². The van der Waals surface area contributed by atoms with Gasteiger partial charge in [-0.15, -0.1) is 0 Å². The van der Waals surface area contributed by atoms with Gasteiger partial charge in [-0.05, 0) is 18.6 Å². The van der Waals surface area contributed by atoms with Crippen molar-refractivity contribution in [1.82, 2.24) is 0 Å². The topological polar surface area (TPSA) is 89.3 Å². The van der Waals surface area contributed by atoms with E-state index in [2.05, 4.69) is 5.32 Å². The van der Waals surface area contributed by atoms with Crippen molar-refractivity contribution in [3.8, 4) is 0 Å². The quantitative estimate of drug-likeness (QED) is 0.725. The SMILES string of the molecule is CCC(C)C(=O)Nc1ccc(N)c2c1C(=O)c1ccccc1C2=O. The highest BCUT2D eigenvalue weighted by Gasteiger charge is 2.33. The van der Waals surface area contributed by atoms with E-state index in [0.717, 1.165) is 0 Å². The molecule has 1 amide bonds. The second-order valence-electron chi connectivity index (χ2n) is 5.95. The molecule has 122 valence electrons. The first-order valence-electron chi connectivity index (χ1n) is 7.87. The van der Waals surface area contributed by atoms with Gasteiger partial charge in [0.05, 0.1) is 16.8 Å². The van der Waals surface area contributed by atoms with Crippen LogP contribution in [0, 0.1) is 5.92 Å². The van der Waals surface area contributed by atoms with Crippen LogP contribution in [0.1, 0.15) is 52.1 Å². The van der Waals surface area contributed by atoms with Crippen LogP contribution in [0.3, 0.4) is 0 Å². The molecule has 0 saturated heterocycles. The number of fused-ring (bicyclic) bond motifs is 2. The minimum atomic E-state index is -0.299. The molecule has 0 radical (unpaired) electrons. The zero-order valence-electron chi connectivity index (χ0n) is 13.6. The molecular formula is C19H18N2O3. The van der Waals surface area contributed by atoms with Crippen molar-refractivity contribution in [2.75, 3.05) is 11.1 Å². The number of nitrogens with two attached hydrogens (primary N) is 1. The van der Waals surface area contributed by atoms with Crippen molar-refractivity contribution in [3.63, 3.8) is 0 Å². The molecule has 5 nitrogen and oxygen atoms in total. The molecule has 2 aromatic carbocycles. The second kappa shape index (κ2) is 5.92. The summed E-state index contributed by atoms with van der Waals surface area (Å²) in [5, 5.41) is 2.76. The Bertz CT molecular complexity index is 871. The molecule has 0 fully saturated rings. The smallest absolute Gasteiger partial charge is 0.227 e.